The summed E-state index contributed by atoms with van der Waals surface area (Å²) in [4.78, 5) is 5.90. The number of nitrogens with zero attached hydrogens (tertiary/aromatic N) is 4. The van der Waals surface area contributed by atoms with Crippen LogP contribution in [0.5, 0.6) is 0 Å². The number of imidazole rings is 1. The number of benzene rings is 1. The van der Waals surface area contributed by atoms with Crippen molar-refractivity contribution in [3.63, 3.8) is 0 Å². The fraction of sp³-hybridized carbons (Fsp3) is 0.292. The zero-order valence-corrected chi connectivity index (χ0v) is 20.8. The van der Waals surface area contributed by atoms with Gasteiger partial charge in [0, 0.05) is 28.7 Å². The Morgan fingerprint density at radius 3 is 2.29 bits per heavy atom. The van der Waals surface area contributed by atoms with E-state index in [9.17, 15) is 0 Å². The van der Waals surface area contributed by atoms with E-state index >= 15 is 0 Å². The molecule has 2 aromatic heterocycles. The standard InChI is InChI=1S/C20H18ClN5S.2C2H6/c1-13(12-22)4-5-14(2)18-20(27-16-8-6-15(21)7-9-16)26(3)19(24-18)17-10-11-23-25-17;2*1-2/h4-11H,1-3H3,(H,23,25);2*1-2H3/b13-4+,14-5+;;. The van der Waals surface area contributed by atoms with Gasteiger partial charge in [0.05, 0.1) is 11.8 Å². The minimum Gasteiger partial charge on any atom is -0.320 e. The molecule has 3 aromatic rings. The molecule has 164 valence electrons. The Kier molecular flexibility index (Phi) is 11.5. The summed E-state index contributed by atoms with van der Waals surface area (Å²) in [6.07, 6.45) is 5.43. The lowest BCUT2D eigenvalue weighted by atomic mass is 10.2. The minimum absolute atomic E-state index is 0.644. The molecule has 1 aromatic carbocycles. The Morgan fingerprint density at radius 1 is 1.10 bits per heavy atom. The van der Waals surface area contributed by atoms with Crippen molar-refractivity contribution in [1.82, 2.24) is 19.7 Å². The molecule has 0 aliphatic heterocycles. The average molecular weight is 456 g/mol. The Hall–Kier alpha value is -2.75. The van der Waals surface area contributed by atoms with Gasteiger partial charge in [0.15, 0.2) is 5.82 Å². The van der Waals surface area contributed by atoms with Gasteiger partial charge in [0.2, 0.25) is 0 Å². The molecule has 0 spiro atoms. The second-order valence-electron chi connectivity index (χ2n) is 5.99. The lowest BCUT2D eigenvalue weighted by molar-refractivity contribution is 0.826. The third kappa shape index (κ3) is 7.16. The highest BCUT2D eigenvalue weighted by atomic mass is 35.5. The zero-order chi connectivity index (χ0) is 23.4. The molecule has 0 bridgehead atoms. The van der Waals surface area contributed by atoms with Crippen LogP contribution in [0.1, 0.15) is 47.2 Å². The van der Waals surface area contributed by atoms with Crippen LogP contribution in [0.3, 0.4) is 0 Å². The average Bonchev–Trinajstić information content (AvgIpc) is 3.45. The van der Waals surface area contributed by atoms with Crippen LogP contribution in [-0.2, 0) is 7.05 Å². The highest BCUT2D eigenvalue weighted by molar-refractivity contribution is 7.99. The van der Waals surface area contributed by atoms with Gasteiger partial charge in [0.25, 0.3) is 0 Å². The van der Waals surface area contributed by atoms with Gasteiger partial charge in [-0.3, -0.25) is 5.10 Å². The van der Waals surface area contributed by atoms with E-state index in [4.69, 9.17) is 21.8 Å². The number of hydrogen-bond donors (Lipinski definition) is 1. The van der Waals surface area contributed by atoms with Gasteiger partial charge in [0.1, 0.15) is 10.7 Å². The summed E-state index contributed by atoms with van der Waals surface area (Å²) >= 11 is 7.62. The van der Waals surface area contributed by atoms with Gasteiger partial charge in [-0.15, -0.1) is 0 Å². The highest BCUT2D eigenvalue weighted by Gasteiger charge is 2.19. The zero-order valence-electron chi connectivity index (χ0n) is 19.2. The van der Waals surface area contributed by atoms with E-state index in [1.807, 2.05) is 82.6 Å². The topological polar surface area (TPSA) is 70.3 Å². The predicted octanol–water partition coefficient (Wildman–Crippen LogP) is 7.54. The molecule has 31 heavy (non-hydrogen) atoms. The van der Waals surface area contributed by atoms with Gasteiger partial charge in [-0.2, -0.15) is 10.4 Å². The van der Waals surface area contributed by atoms with Crippen LogP contribution < -0.4 is 0 Å². The number of H-pyrrole nitrogens is 1. The van der Waals surface area contributed by atoms with Crippen LogP contribution in [0, 0.1) is 11.3 Å². The predicted molar refractivity (Wildman–Crippen MR) is 132 cm³/mol. The third-order valence-corrected chi connectivity index (χ3v) is 5.37. The maximum atomic E-state index is 8.97. The molecule has 5 nitrogen and oxygen atoms in total. The first-order valence-corrected chi connectivity index (χ1v) is 11.4. The van der Waals surface area contributed by atoms with Gasteiger partial charge >= 0.3 is 0 Å². The van der Waals surface area contributed by atoms with E-state index in [0.29, 0.717) is 10.6 Å². The number of halogens is 1. The molecule has 3 rings (SSSR count). The Morgan fingerprint density at radius 2 is 1.74 bits per heavy atom. The summed E-state index contributed by atoms with van der Waals surface area (Å²) in [7, 11) is 1.98. The number of aromatic amines is 1. The van der Waals surface area contributed by atoms with Gasteiger partial charge in [-0.1, -0.05) is 57.1 Å². The summed E-state index contributed by atoms with van der Waals surface area (Å²) in [6, 6.07) is 11.7. The highest BCUT2D eigenvalue weighted by Crippen LogP contribution is 2.36. The molecule has 0 unspecified atom stereocenters. The molecular weight excluding hydrogens is 426 g/mol. The van der Waals surface area contributed by atoms with Gasteiger partial charge in [-0.25, -0.2) is 4.98 Å². The fourth-order valence-electron chi connectivity index (χ4n) is 2.46. The van der Waals surface area contributed by atoms with Crippen molar-refractivity contribution >= 4 is 28.9 Å². The molecule has 1 N–H and O–H groups in total. The number of hydrogen-bond acceptors (Lipinski definition) is 4. The molecule has 0 amide bonds. The summed E-state index contributed by atoms with van der Waals surface area (Å²) in [5.41, 5.74) is 3.33. The lowest BCUT2D eigenvalue weighted by Crippen LogP contribution is -1.95. The van der Waals surface area contributed by atoms with E-state index < -0.39 is 0 Å². The molecule has 0 saturated heterocycles. The van der Waals surface area contributed by atoms with Crippen molar-refractivity contribution < 1.29 is 0 Å². The SMILES string of the molecule is C/C(C#N)=C\C=C(/C)c1nc(-c2ccn[nH]2)n(C)c1Sc1ccc(Cl)cc1.CC.CC. The fourth-order valence-corrected chi connectivity index (χ4v) is 3.61. The Balaban J connectivity index is 0.00000113. The molecule has 0 aliphatic rings. The number of nitrogens with one attached hydrogen (secondary N) is 1. The minimum atomic E-state index is 0.644. The number of rotatable bonds is 5. The quantitative estimate of drug-likeness (QED) is 0.318. The van der Waals surface area contributed by atoms with Crippen molar-refractivity contribution in [2.45, 2.75) is 51.5 Å². The monoisotopic (exact) mass is 455 g/mol. The molecule has 0 aliphatic carbocycles. The number of allylic oxidation sites excluding steroid dienone is 4. The molecule has 0 radical (unpaired) electrons. The summed E-state index contributed by atoms with van der Waals surface area (Å²) < 4.78 is 2.04. The molecule has 0 atom stereocenters. The van der Waals surface area contributed by atoms with Crippen molar-refractivity contribution in [2.24, 2.45) is 7.05 Å². The normalized spacial score (nSPS) is 11.1. The Bertz CT molecular complexity index is 1040. The van der Waals surface area contributed by atoms with Gasteiger partial charge < -0.3 is 4.57 Å². The van der Waals surface area contributed by atoms with Crippen LogP contribution in [0.15, 0.2) is 64.2 Å². The van der Waals surface area contributed by atoms with Crippen molar-refractivity contribution in [3.8, 4) is 17.6 Å². The van der Waals surface area contributed by atoms with Crippen LogP contribution >= 0.6 is 23.4 Å². The first kappa shape index (κ1) is 26.3. The van der Waals surface area contributed by atoms with Crippen LogP contribution in [0.25, 0.3) is 17.1 Å². The maximum Gasteiger partial charge on any atom is 0.159 e. The molecule has 0 saturated carbocycles. The van der Waals surface area contributed by atoms with E-state index in [0.717, 1.165) is 32.7 Å². The smallest absolute Gasteiger partial charge is 0.159 e. The van der Waals surface area contributed by atoms with Crippen LogP contribution in [0.4, 0.5) is 0 Å². The van der Waals surface area contributed by atoms with Gasteiger partial charge in [-0.05, 0) is 55.8 Å². The summed E-state index contributed by atoms with van der Waals surface area (Å²) in [6.45, 7) is 11.8. The maximum absolute atomic E-state index is 8.97. The third-order valence-electron chi connectivity index (χ3n) is 3.95. The molecule has 0 fully saturated rings. The second-order valence-corrected chi connectivity index (χ2v) is 7.48. The Labute approximate surface area is 194 Å². The summed E-state index contributed by atoms with van der Waals surface area (Å²) in [5.74, 6) is 0.799. The first-order valence-electron chi connectivity index (χ1n) is 10.2. The van der Waals surface area contributed by atoms with E-state index in [1.165, 1.54) is 0 Å². The number of nitriles is 1. The van der Waals surface area contributed by atoms with E-state index in [2.05, 4.69) is 16.3 Å². The largest absolute Gasteiger partial charge is 0.320 e. The van der Waals surface area contributed by atoms with Crippen molar-refractivity contribution in [2.75, 3.05) is 0 Å². The second kappa shape index (κ2) is 13.5. The van der Waals surface area contributed by atoms with Crippen molar-refractivity contribution in [1.29, 1.82) is 5.26 Å². The summed E-state index contributed by atoms with van der Waals surface area (Å²) in [5, 5.41) is 17.7. The molecule has 7 heteroatoms. The lowest BCUT2D eigenvalue weighted by Gasteiger charge is -2.07. The first-order chi connectivity index (χ1) is 15.0. The van der Waals surface area contributed by atoms with Crippen LogP contribution in [0.2, 0.25) is 5.02 Å². The van der Waals surface area contributed by atoms with Crippen molar-refractivity contribution in [3.05, 3.63) is 65.0 Å². The molecule has 2 heterocycles. The molecular formula is C24H30ClN5S. The van der Waals surface area contributed by atoms with Crippen LogP contribution in [-0.4, -0.2) is 19.7 Å². The van der Waals surface area contributed by atoms with E-state index in [-0.39, 0.29) is 0 Å². The van der Waals surface area contributed by atoms with E-state index in [1.54, 1.807) is 31.0 Å². The number of aromatic nitrogens is 4.